The Morgan fingerprint density at radius 1 is 1.12 bits per heavy atom. The highest BCUT2D eigenvalue weighted by Gasteiger charge is 2.20. The number of amides is 1. The zero-order valence-electron chi connectivity index (χ0n) is 13.7. The molecule has 1 aliphatic heterocycles. The average molecular weight is 326 g/mol. The number of hydrogen-bond acceptors (Lipinski definition) is 4. The largest absolute Gasteiger partial charge is 0.493 e. The Hall–Kier alpha value is -2.53. The van der Waals surface area contributed by atoms with Crippen LogP contribution in [-0.4, -0.2) is 26.1 Å². The topological polar surface area (TPSA) is 59.6 Å². The van der Waals surface area contributed by atoms with Crippen molar-refractivity contribution in [2.24, 2.45) is 5.92 Å². The van der Waals surface area contributed by atoms with Crippen molar-refractivity contribution in [3.63, 3.8) is 0 Å². The van der Waals surface area contributed by atoms with Crippen molar-refractivity contribution in [3.8, 4) is 17.2 Å². The van der Waals surface area contributed by atoms with E-state index >= 15 is 0 Å². The molecule has 2 aromatic carbocycles. The summed E-state index contributed by atoms with van der Waals surface area (Å²) < 4.78 is 11.1. The van der Waals surface area contributed by atoms with Gasteiger partial charge in [-0.3, -0.25) is 4.79 Å². The van der Waals surface area contributed by atoms with E-state index in [1.165, 1.54) is 0 Å². The molecule has 1 unspecified atom stereocenters. The van der Waals surface area contributed by atoms with Crippen molar-refractivity contribution in [2.75, 3.05) is 25.5 Å². The van der Waals surface area contributed by atoms with Gasteiger partial charge in [0.2, 0.25) is 5.91 Å². The molecule has 1 atom stereocenters. The van der Waals surface area contributed by atoms with E-state index in [9.17, 15) is 4.79 Å². The molecule has 0 bridgehead atoms. The first-order valence-corrected chi connectivity index (χ1v) is 8.19. The maximum absolute atomic E-state index is 12.2. The minimum atomic E-state index is 0.0447. The minimum absolute atomic E-state index is 0.0447. The maximum atomic E-state index is 12.2. The molecule has 24 heavy (non-hydrogen) atoms. The van der Waals surface area contributed by atoms with Gasteiger partial charge in [-0.1, -0.05) is 12.1 Å². The zero-order valence-corrected chi connectivity index (χ0v) is 13.7. The third-order valence-electron chi connectivity index (χ3n) is 4.09. The molecule has 5 nitrogen and oxygen atoms in total. The summed E-state index contributed by atoms with van der Waals surface area (Å²) in [6.45, 7) is 1.75. The van der Waals surface area contributed by atoms with Gasteiger partial charge in [0.15, 0.2) is 11.5 Å². The van der Waals surface area contributed by atoms with E-state index in [1.54, 1.807) is 7.11 Å². The molecule has 0 saturated carbocycles. The van der Waals surface area contributed by atoms with Gasteiger partial charge in [0, 0.05) is 12.2 Å². The molecule has 0 aliphatic carbocycles. The summed E-state index contributed by atoms with van der Waals surface area (Å²) in [5.74, 6) is 2.14. The summed E-state index contributed by atoms with van der Waals surface area (Å²) in [5, 5.41) is 6.22. The number of nitrogens with one attached hydrogen (secondary N) is 2. The van der Waals surface area contributed by atoms with Crippen molar-refractivity contribution in [3.05, 3.63) is 48.5 Å². The minimum Gasteiger partial charge on any atom is -0.493 e. The molecule has 1 amide bonds. The van der Waals surface area contributed by atoms with Crippen LogP contribution in [0.4, 0.5) is 5.69 Å². The van der Waals surface area contributed by atoms with Gasteiger partial charge in [-0.05, 0) is 55.8 Å². The zero-order chi connectivity index (χ0) is 16.8. The Balaban J connectivity index is 1.61. The lowest BCUT2D eigenvalue weighted by Crippen LogP contribution is -2.37. The fourth-order valence-electron chi connectivity index (χ4n) is 2.76. The number of rotatable bonds is 5. The molecule has 5 heteroatoms. The van der Waals surface area contributed by atoms with Crippen LogP contribution < -0.4 is 20.1 Å². The van der Waals surface area contributed by atoms with Crippen LogP contribution in [0.15, 0.2) is 48.5 Å². The summed E-state index contributed by atoms with van der Waals surface area (Å²) in [6, 6.07) is 14.8. The molecule has 126 valence electrons. The average Bonchev–Trinajstić information content (AvgIpc) is 2.64. The predicted octanol–water partition coefficient (Wildman–Crippen LogP) is 3.43. The van der Waals surface area contributed by atoms with Crippen LogP contribution in [0.1, 0.15) is 12.8 Å². The van der Waals surface area contributed by atoms with E-state index in [1.807, 2.05) is 48.5 Å². The molecule has 0 aromatic heterocycles. The van der Waals surface area contributed by atoms with Gasteiger partial charge in [0.1, 0.15) is 5.75 Å². The Morgan fingerprint density at radius 3 is 2.54 bits per heavy atom. The van der Waals surface area contributed by atoms with E-state index < -0.39 is 0 Å². The van der Waals surface area contributed by atoms with Gasteiger partial charge in [0.25, 0.3) is 0 Å². The predicted molar refractivity (Wildman–Crippen MR) is 93.7 cm³/mol. The van der Waals surface area contributed by atoms with Crippen LogP contribution >= 0.6 is 0 Å². The van der Waals surface area contributed by atoms with E-state index in [0.29, 0.717) is 17.2 Å². The summed E-state index contributed by atoms with van der Waals surface area (Å²) in [7, 11) is 1.61. The number of para-hydroxylation sites is 2. The second-order valence-corrected chi connectivity index (χ2v) is 5.81. The second kappa shape index (κ2) is 7.84. The lowest BCUT2D eigenvalue weighted by molar-refractivity contribution is -0.120. The highest BCUT2D eigenvalue weighted by molar-refractivity contribution is 5.92. The normalized spacial score (nSPS) is 17.1. The molecule has 1 heterocycles. The van der Waals surface area contributed by atoms with Gasteiger partial charge < -0.3 is 20.1 Å². The van der Waals surface area contributed by atoms with Gasteiger partial charge in [-0.2, -0.15) is 0 Å². The van der Waals surface area contributed by atoms with Gasteiger partial charge in [-0.15, -0.1) is 0 Å². The smallest absolute Gasteiger partial charge is 0.228 e. The van der Waals surface area contributed by atoms with Crippen molar-refractivity contribution < 1.29 is 14.3 Å². The molecule has 0 spiro atoms. The Bertz CT molecular complexity index is 679. The van der Waals surface area contributed by atoms with E-state index in [0.717, 1.165) is 31.6 Å². The summed E-state index contributed by atoms with van der Waals surface area (Å²) in [4.78, 5) is 12.2. The third kappa shape index (κ3) is 4.06. The first kappa shape index (κ1) is 16.3. The molecular weight excluding hydrogens is 304 g/mol. The van der Waals surface area contributed by atoms with E-state index in [-0.39, 0.29) is 11.8 Å². The number of hydrogen-bond donors (Lipinski definition) is 2. The SMILES string of the molecule is COc1ccccc1Oc1ccc(NC(=O)C2CCCNC2)cc1. The van der Waals surface area contributed by atoms with E-state index in [4.69, 9.17) is 9.47 Å². The number of benzene rings is 2. The fraction of sp³-hybridized carbons (Fsp3) is 0.316. The molecule has 1 fully saturated rings. The third-order valence-corrected chi connectivity index (χ3v) is 4.09. The quantitative estimate of drug-likeness (QED) is 0.884. The monoisotopic (exact) mass is 326 g/mol. The molecule has 0 radical (unpaired) electrons. The molecule has 2 N–H and O–H groups in total. The van der Waals surface area contributed by atoms with Crippen LogP contribution in [0.25, 0.3) is 0 Å². The van der Waals surface area contributed by atoms with Crippen LogP contribution in [-0.2, 0) is 4.79 Å². The lowest BCUT2D eigenvalue weighted by Gasteiger charge is -2.21. The number of carbonyl (C=O) groups excluding carboxylic acids is 1. The van der Waals surface area contributed by atoms with Gasteiger partial charge >= 0.3 is 0 Å². The standard InChI is InChI=1S/C19H22N2O3/c1-23-17-6-2-3-7-18(17)24-16-10-8-15(9-11-16)21-19(22)14-5-4-12-20-13-14/h2-3,6-11,14,20H,4-5,12-13H2,1H3,(H,21,22). The second-order valence-electron chi connectivity index (χ2n) is 5.81. The number of piperidine rings is 1. The van der Waals surface area contributed by atoms with Gasteiger partial charge in [0.05, 0.1) is 13.0 Å². The first-order valence-electron chi connectivity index (χ1n) is 8.19. The Labute approximate surface area is 142 Å². The number of carbonyl (C=O) groups is 1. The lowest BCUT2D eigenvalue weighted by atomic mass is 9.99. The molecule has 1 saturated heterocycles. The van der Waals surface area contributed by atoms with Crippen LogP contribution in [0.5, 0.6) is 17.2 Å². The van der Waals surface area contributed by atoms with Gasteiger partial charge in [-0.25, -0.2) is 0 Å². The van der Waals surface area contributed by atoms with Crippen molar-refractivity contribution in [1.82, 2.24) is 5.32 Å². The van der Waals surface area contributed by atoms with Crippen molar-refractivity contribution in [1.29, 1.82) is 0 Å². The Morgan fingerprint density at radius 2 is 1.88 bits per heavy atom. The highest BCUT2D eigenvalue weighted by Crippen LogP contribution is 2.31. The fourth-order valence-corrected chi connectivity index (χ4v) is 2.76. The number of methoxy groups -OCH3 is 1. The molecule has 1 aliphatic rings. The summed E-state index contributed by atoms with van der Waals surface area (Å²) in [5.41, 5.74) is 0.776. The first-order chi connectivity index (χ1) is 11.8. The van der Waals surface area contributed by atoms with Crippen LogP contribution in [0.2, 0.25) is 0 Å². The number of ether oxygens (including phenoxy) is 2. The summed E-state index contributed by atoms with van der Waals surface area (Å²) >= 11 is 0. The summed E-state index contributed by atoms with van der Waals surface area (Å²) in [6.07, 6.45) is 1.98. The van der Waals surface area contributed by atoms with E-state index in [2.05, 4.69) is 10.6 Å². The van der Waals surface area contributed by atoms with Crippen LogP contribution in [0, 0.1) is 5.92 Å². The van der Waals surface area contributed by atoms with Crippen LogP contribution in [0.3, 0.4) is 0 Å². The molecule has 3 rings (SSSR count). The Kier molecular flexibility index (Phi) is 5.33. The van der Waals surface area contributed by atoms with Crippen molar-refractivity contribution in [2.45, 2.75) is 12.8 Å². The molecule has 2 aromatic rings. The number of anilines is 1. The maximum Gasteiger partial charge on any atom is 0.228 e. The van der Waals surface area contributed by atoms with Crippen molar-refractivity contribution >= 4 is 11.6 Å². The molecular formula is C19H22N2O3. The highest BCUT2D eigenvalue weighted by atomic mass is 16.5.